The number of carbonyl (C=O) groups excluding carboxylic acids is 2. The number of H-pyrrole nitrogens is 1. The van der Waals surface area contributed by atoms with Crippen LogP contribution in [0.2, 0.25) is 0 Å². The van der Waals surface area contributed by atoms with E-state index in [-0.39, 0.29) is 18.9 Å². The molecule has 0 aliphatic carbocycles. The van der Waals surface area contributed by atoms with Crippen LogP contribution in [0.1, 0.15) is 19.0 Å². The molecule has 0 spiro atoms. The monoisotopic (exact) mass is 262 g/mol. The standard InChI is InChI=1S/C13H18N4O2/c1-10(2)13(8-18,7-14-3)17-12(19)5-4-11-6-15-9-16-11/h6,8-9H,1,3-5,7H2,2H3,(H,15,16)(H,17,19). The summed E-state index contributed by atoms with van der Waals surface area (Å²) < 4.78 is 0. The zero-order chi connectivity index (χ0) is 14.3. The number of hydrogen-bond donors (Lipinski definition) is 2. The lowest BCUT2D eigenvalue weighted by Crippen LogP contribution is -2.53. The first-order valence-corrected chi connectivity index (χ1v) is 5.87. The normalized spacial score (nSPS) is 13.3. The molecular weight excluding hydrogens is 244 g/mol. The summed E-state index contributed by atoms with van der Waals surface area (Å²) in [4.78, 5) is 33.6. The van der Waals surface area contributed by atoms with Gasteiger partial charge in [0.1, 0.15) is 5.54 Å². The molecule has 1 aromatic rings. The highest BCUT2D eigenvalue weighted by molar-refractivity contribution is 5.84. The lowest BCUT2D eigenvalue weighted by molar-refractivity contribution is -0.125. The van der Waals surface area contributed by atoms with Gasteiger partial charge in [-0.2, -0.15) is 0 Å². The first-order valence-electron chi connectivity index (χ1n) is 5.87. The quantitative estimate of drug-likeness (QED) is 0.410. The van der Waals surface area contributed by atoms with Crippen molar-refractivity contribution in [1.82, 2.24) is 15.3 Å². The second kappa shape index (κ2) is 6.63. The van der Waals surface area contributed by atoms with E-state index in [0.29, 0.717) is 18.3 Å². The summed E-state index contributed by atoms with van der Waals surface area (Å²) in [5, 5.41) is 2.67. The second-order valence-electron chi connectivity index (χ2n) is 4.38. The highest BCUT2D eigenvalue weighted by atomic mass is 16.2. The van der Waals surface area contributed by atoms with Crippen molar-refractivity contribution >= 4 is 18.9 Å². The van der Waals surface area contributed by atoms with Crippen LogP contribution in [0.3, 0.4) is 0 Å². The van der Waals surface area contributed by atoms with Crippen molar-refractivity contribution in [3.8, 4) is 0 Å². The topological polar surface area (TPSA) is 87.2 Å². The number of aliphatic imine (C=N–C) groups is 1. The van der Waals surface area contributed by atoms with Crippen LogP contribution in [0.5, 0.6) is 0 Å². The van der Waals surface area contributed by atoms with E-state index in [9.17, 15) is 9.59 Å². The summed E-state index contributed by atoms with van der Waals surface area (Å²) in [6.07, 6.45) is 4.64. The molecule has 1 amide bonds. The van der Waals surface area contributed by atoms with Gasteiger partial charge in [0.05, 0.1) is 12.9 Å². The Morgan fingerprint density at radius 2 is 2.42 bits per heavy atom. The van der Waals surface area contributed by atoms with Gasteiger partial charge in [0.25, 0.3) is 0 Å². The Bertz CT molecular complexity index is 467. The van der Waals surface area contributed by atoms with E-state index in [4.69, 9.17) is 0 Å². The molecule has 102 valence electrons. The maximum absolute atomic E-state index is 11.9. The summed E-state index contributed by atoms with van der Waals surface area (Å²) in [6, 6.07) is 0. The number of nitrogens with one attached hydrogen (secondary N) is 2. The maximum Gasteiger partial charge on any atom is 0.221 e. The van der Waals surface area contributed by atoms with E-state index in [1.807, 2.05) is 0 Å². The number of aryl methyl sites for hydroxylation is 1. The predicted molar refractivity (Wildman–Crippen MR) is 73.1 cm³/mol. The average Bonchev–Trinajstić information content (AvgIpc) is 2.88. The number of aldehydes is 1. The van der Waals surface area contributed by atoms with Gasteiger partial charge in [-0.15, -0.1) is 0 Å². The number of amides is 1. The number of aromatic amines is 1. The molecule has 0 saturated carbocycles. The minimum absolute atomic E-state index is 0.0850. The first kappa shape index (κ1) is 14.8. The van der Waals surface area contributed by atoms with Crippen molar-refractivity contribution in [3.05, 3.63) is 30.4 Å². The molecule has 0 saturated heterocycles. The van der Waals surface area contributed by atoms with Gasteiger partial charge in [-0.3, -0.25) is 9.79 Å². The summed E-state index contributed by atoms with van der Waals surface area (Å²) in [6.45, 7) is 8.85. The lowest BCUT2D eigenvalue weighted by Gasteiger charge is -2.28. The fourth-order valence-electron chi connectivity index (χ4n) is 1.61. The Morgan fingerprint density at radius 1 is 1.68 bits per heavy atom. The van der Waals surface area contributed by atoms with E-state index >= 15 is 0 Å². The molecule has 0 radical (unpaired) electrons. The molecule has 1 rings (SSSR count). The second-order valence-corrected chi connectivity index (χ2v) is 4.38. The van der Waals surface area contributed by atoms with E-state index in [1.165, 1.54) is 0 Å². The van der Waals surface area contributed by atoms with Gasteiger partial charge in [-0.25, -0.2) is 4.98 Å². The number of rotatable bonds is 8. The highest BCUT2D eigenvalue weighted by Crippen LogP contribution is 2.13. The fourth-order valence-corrected chi connectivity index (χ4v) is 1.61. The molecular formula is C13H18N4O2. The van der Waals surface area contributed by atoms with Gasteiger partial charge in [-0.1, -0.05) is 6.58 Å². The smallest absolute Gasteiger partial charge is 0.221 e. The molecule has 19 heavy (non-hydrogen) atoms. The lowest BCUT2D eigenvalue weighted by atomic mass is 9.93. The first-order chi connectivity index (χ1) is 9.04. The minimum atomic E-state index is -1.16. The molecule has 6 heteroatoms. The zero-order valence-electron chi connectivity index (χ0n) is 11.0. The van der Waals surface area contributed by atoms with Crippen molar-refractivity contribution in [1.29, 1.82) is 0 Å². The maximum atomic E-state index is 11.9. The number of aromatic nitrogens is 2. The summed E-state index contributed by atoms with van der Waals surface area (Å²) in [7, 11) is 0. The molecule has 6 nitrogen and oxygen atoms in total. The molecule has 0 aliphatic rings. The SMILES string of the molecule is C=NCC(C=O)(NC(=O)CCc1cnc[nH]1)C(=C)C. The number of nitrogens with zero attached hydrogens (tertiary/aromatic N) is 2. The van der Waals surface area contributed by atoms with Gasteiger partial charge in [0.15, 0.2) is 6.29 Å². The van der Waals surface area contributed by atoms with Gasteiger partial charge < -0.3 is 15.1 Å². The van der Waals surface area contributed by atoms with Crippen LogP contribution >= 0.6 is 0 Å². The van der Waals surface area contributed by atoms with Crippen LogP contribution in [0.25, 0.3) is 0 Å². The van der Waals surface area contributed by atoms with E-state index in [0.717, 1.165) is 5.69 Å². The molecule has 0 fully saturated rings. The largest absolute Gasteiger partial charge is 0.348 e. The molecule has 2 N–H and O–H groups in total. The van der Waals surface area contributed by atoms with Gasteiger partial charge >= 0.3 is 0 Å². The Kier molecular flexibility index (Phi) is 5.17. The predicted octanol–water partition coefficient (Wildman–Crippen LogP) is 0.673. The third-order valence-electron chi connectivity index (χ3n) is 2.86. The summed E-state index contributed by atoms with van der Waals surface area (Å²) in [5.74, 6) is -0.242. The number of imidazole rings is 1. The number of carbonyl (C=O) groups is 2. The third kappa shape index (κ3) is 3.87. The molecule has 0 bridgehead atoms. The van der Waals surface area contributed by atoms with Crippen LogP contribution in [0.4, 0.5) is 0 Å². The Morgan fingerprint density at radius 3 is 2.89 bits per heavy atom. The van der Waals surface area contributed by atoms with Crippen molar-refractivity contribution in [3.63, 3.8) is 0 Å². The third-order valence-corrected chi connectivity index (χ3v) is 2.86. The van der Waals surface area contributed by atoms with E-state index in [2.05, 4.69) is 33.6 Å². The Hall–Kier alpha value is -2.24. The van der Waals surface area contributed by atoms with Crippen LogP contribution in [0, 0.1) is 0 Å². The van der Waals surface area contributed by atoms with Crippen molar-refractivity contribution < 1.29 is 9.59 Å². The van der Waals surface area contributed by atoms with Crippen molar-refractivity contribution in [2.45, 2.75) is 25.3 Å². The van der Waals surface area contributed by atoms with Crippen LogP contribution in [0.15, 0.2) is 29.7 Å². The molecule has 1 aromatic heterocycles. The van der Waals surface area contributed by atoms with Crippen molar-refractivity contribution in [2.75, 3.05) is 6.54 Å². The van der Waals surface area contributed by atoms with Gasteiger partial charge in [0.2, 0.25) is 5.91 Å². The van der Waals surface area contributed by atoms with Crippen molar-refractivity contribution in [2.24, 2.45) is 4.99 Å². The molecule has 0 aromatic carbocycles. The van der Waals surface area contributed by atoms with E-state index in [1.54, 1.807) is 19.4 Å². The highest BCUT2D eigenvalue weighted by Gasteiger charge is 2.32. The Balaban J connectivity index is 2.63. The minimum Gasteiger partial charge on any atom is -0.348 e. The van der Waals surface area contributed by atoms with Gasteiger partial charge in [-0.05, 0) is 25.6 Å². The van der Waals surface area contributed by atoms with Gasteiger partial charge in [0, 0.05) is 18.3 Å². The van der Waals surface area contributed by atoms with E-state index < -0.39 is 5.54 Å². The summed E-state index contributed by atoms with van der Waals surface area (Å²) in [5.41, 5.74) is 0.237. The molecule has 1 heterocycles. The molecule has 0 aliphatic heterocycles. The summed E-state index contributed by atoms with van der Waals surface area (Å²) >= 11 is 0. The molecule has 1 unspecified atom stereocenters. The fraction of sp³-hybridized carbons (Fsp3) is 0.385. The average molecular weight is 262 g/mol. The Labute approximate surface area is 112 Å². The van der Waals surface area contributed by atoms with Crippen LogP contribution in [-0.2, 0) is 16.0 Å². The van der Waals surface area contributed by atoms with Crippen LogP contribution < -0.4 is 5.32 Å². The molecule has 1 atom stereocenters. The zero-order valence-corrected chi connectivity index (χ0v) is 11.0. The number of hydrogen-bond acceptors (Lipinski definition) is 4. The van der Waals surface area contributed by atoms with Crippen LogP contribution in [-0.4, -0.2) is 41.0 Å².